The summed E-state index contributed by atoms with van der Waals surface area (Å²) in [5.41, 5.74) is 5.92. The molecule has 0 bridgehead atoms. The van der Waals surface area contributed by atoms with Gasteiger partial charge in [-0.15, -0.1) is 0 Å². The van der Waals surface area contributed by atoms with Crippen molar-refractivity contribution in [2.75, 3.05) is 7.11 Å². The Morgan fingerprint density at radius 1 is 1.64 bits per heavy atom. The van der Waals surface area contributed by atoms with Crippen LogP contribution < -0.4 is 5.73 Å². The highest BCUT2D eigenvalue weighted by Gasteiger charge is 2.21. The van der Waals surface area contributed by atoms with Crippen LogP contribution in [0.2, 0.25) is 0 Å². The van der Waals surface area contributed by atoms with Crippen LogP contribution in [0, 0.1) is 0 Å². The average molecular weight is 260 g/mol. The van der Waals surface area contributed by atoms with Gasteiger partial charge in [0.15, 0.2) is 0 Å². The van der Waals surface area contributed by atoms with Crippen LogP contribution in [0.4, 0.5) is 0 Å². The number of esters is 1. The Bertz CT molecular complexity index is 334. The number of carbonyl (C=O) groups excluding carboxylic acids is 1. The highest BCUT2D eigenvalue weighted by Crippen LogP contribution is 2.30. The zero-order chi connectivity index (χ0) is 10.7. The van der Waals surface area contributed by atoms with Gasteiger partial charge in [0, 0.05) is 10.0 Å². The van der Waals surface area contributed by atoms with Gasteiger partial charge in [0.2, 0.25) is 0 Å². The van der Waals surface area contributed by atoms with Crippen molar-refractivity contribution in [2.45, 2.75) is 6.04 Å². The number of hydrogen-bond donors (Lipinski definition) is 2. The molecule has 0 saturated carbocycles. The van der Waals surface area contributed by atoms with Crippen molar-refractivity contribution >= 4 is 21.9 Å². The first kappa shape index (κ1) is 11.0. The molecule has 0 heterocycles. The molecule has 4 nitrogen and oxygen atoms in total. The summed E-state index contributed by atoms with van der Waals surface area (Å²) in [5, 5.41) is 9.49. The Hall–Kier alpha value is -1.07. The van der Waals surface area contributed by atoms with Crippen molar-refractivity contribution < 1.29 is 14.6 Å². The Balaban J connectivity index is 3.11. The lowest BCUT2D eigenvalue weighted by Gasteiger charge is -2.12. The van der Waals surface area contributed by atoms with Gasteiger partial charge in [-0.25, -0.2) is 0 Å². The Morgan fingerprint density at radius 2 is 2.29 bits per heavy atom. The van der Waals surface area contributed by atoms with Gasteiger partial charge in [-0.1, -0.05) is 22.0 Å². The smallest absolute Gasteiger partial charge is 0.327 e. The molecule has 0 aliphatic heterocycles. The summed E-state index contributed by atoms with van der Waals surface area (Å²) in [5.74, 6) is -0.621. The van der Waals surface area contributed by atoms with Crippen molar-refractivity contribution in [3.05, 3.63) is 28.2 Å². The molecule has 0 radical (unpaired) electrons. The van der Waals surface area contributed by atoms with Crippen LogP contribution in [0.1, 0.15) is 11.6 Å². The van der Waals surface area contributed by atoms with E-state index in [2.05, 4.69) is 20.7 Å². The topological polar surface area (TPSA) is 72.5 Å². The number of halogens is 1. The number of carbonyl (C=O) groups is 1. The quantitative estimate of drug-likeness (QED) is 0.787. The number of hydrogen-bond acceptors (Lipinski definition) is 4. The lowest BCUT2D eigenvalue weighted by Crippen LogP contribution is -2.23. The van der Waals surface area contributed by atoms with Gasteiger partial charge in [0.05, 0.1) is 7.11 Å². The fourth-order valence-electron chi connectivity index (χ4n) is 1.08. The second-order valence-corrected chi connectivity index (χ2v) is 3.53. The second kappa shape index (κ2) is 4.43. The van der Waals surface area contributed by atoms with E-state index in [-0.39, 0.29) is 5.75 Å². The minimum absolute atomic E-state index is 0.0303. The zero-order valence-electron chi connectivity index (χ0n) is 7.53. The summed E-state index contributed by atoms with van der Waals surface area (Å²) in [6.45, 7) is 0. The highest BCUT2D eigenvalue weighted by atomic mass is 79.9. The molecule has 14 heavy (non-hydrogen) atoms. The molecule has 1 atom stereocenters. The molecule has 0 aliphatic rings. The zero-order valence-corrected chi connectivity index (χ0v) is 9.11. The van der Waals surface area contributed by atoms with Gasteiger partial charge >= 0.3 is 5.97 Å². The highest BCUT2D eigenvalue weighted by molar-refractivity contribution is 9.10. The van der Waals surface area contributed by atoms with E-state index < -0.39 is 12.0 Å². The number of phenols is 1. The Kier molecular flexibility index (Phi) is 3.49. The first-order chi connectivity index (χ1) is 6.57. The van der Waals surface area contributed by atoms with Crippen LogP contribution in [0.5, 0.6) is 5.75 Å². The number of rotatable bonds is 2. The lowest BCUT2D eigenvalue weighted by atomic mass is 10.1. The Labute approximate surface area is 89.8 Å². The lowest BCUT2D eigenvalue weighted by molar-refractivity contribution is -0.142. The molecular weight excluding hydrogens is 250 g/mol. The van der Waals surface area contributed by atoms with Crippen LogP contribution in [0.25, 0.3) is 0 Å². The van der Waals surface area contributed by atoms with E-state index in [1.807, 2.05) is 0 Å². The molecule has 1 aromatic rings. The minimum Gasteiger partial charge on any atom is -0.508 e. The fourth-order valence-corrected chi connectivity index (χ4v) is 1.68. The summed E-state index contributed by atoms with van der Waals surface area (Å²) >= 11 is 3.20. The average Bonchev–Trinajstić information content (AvgIpc) is 2.16. The summed E-state index contributed by atoms with van der Waals surface area (Å²) in [6, 6.07) is 3.82. The number of ether oxygens (including phenoxy) is 1. The van der Waals surface area contributed by atoms with E-state index in [0.717, 1.165) is 0 Å². The molecule has 3 N–H and O–H groups in total. The van der Waals surface area contributed by atoms with Gasteiger partial charge in [-0.3, -0.25) is 4.79 Å². The molecule has 0 fully saturated rings. The van der Waals surface area contributed by atoms with E-state index in [1.165, 1.54) is 13.2 Å². The maximum Gasteiger partial charge on any atom is 0.327 e. The fraction of sp³-hybridized carbons (Fsp3) is 0.222. The number of phenolic OH excluding ortho intramolecular Hbond substituents is 1. The SMILES string of the molecule is COC(=O)C(N)c1c(O)cccc1Br. The normalized spacial score (nSPS) is 12.2. The summed E-state index contributed by atoms with van der Waals surface area (Å²) in [6.07, 6.45) is 0. The summed E-state index contributed by atoms with van der Waals surface area (Å²) < 4.78 is 5.06. The monoisotopic (exact) mass is 259 g/mol. The molecule has 1 rings (SSSR count). The molecule has 0 saturated heterocycles. The summed E-state index contributed by atoms with van der Waals surface area (Å²) in [7, 11) is 1.25. The molecular formula is C9H10BrNO3. The van der Waals surface area contributed by atoms with Crippen LogP contribution in [0.15, 0.2) is 22.7 Å². The van der Waals surface area contributed by atoms with Crippen LogP contribution >= 0.6 is 15.9 Å². The second-order valence-electron chi connectivity index (χ2n) is 2.67. The maximum absolute atomic E-state index is 11.1. The van der Waals surface area contributed by atoms with Gasteiger partial charge in [0.25, 0.3) is 0 Å². The van der Waals surface area contributed by atoms with Gasteiger partial charge in [-0.05, 0) is 12.1 Å². The molecule has 0 aliphatic carbocycles. The Morgan fingerprint density at radius 3 is 2.79 bits per heavy atom. The van der Waals surface area contributed by atoms with Gasteiger partial charge in [0.1, 0.15) is 11.8 Å². The largest absolute Gasteiger partial charge is 0.508 e. The summed E-state index contributed by atoms with van der Waals surface area (Å²) in [4.78, 5) is 11.1. The standard InChI is InChI=1S/C9H10BrNO3/c1-14-9(13)8(11)7-5(10)3-2-4-6(7)12/h2-4,8,12H,11H2,1H3. The first-order valence-electron chi connectivity index (χ1n) is 3.88. The molecule has 1 aromatic carbocycles. The minimum atomic E-state index is -0.976. The third kappa shape index (κ3) is 2.05. The van der Waals surface area contributed by atoms with Gasteiger partial charge in [-0.2, -0.15) is 0 Å². The number of aromatic hydroxyl groups is 1. The maximum atomic E-state index is 11.1. The number of nitrogens with two attached hydrogens (primary N) is 1. The van der Waals surface area contributed by atoms with Crippen molar-refractivity contribution in [1.29, 1.82) is 0 Å². The van der Waals surface area contributed by atoms with Crippen molar-refractivity contribution in [3.8, 4) is 5.75 Å². The number of methoxy groups -OCH3 is 1. The van der Waals surface area contributed by atoms with Crippen molar-refractivity contribution in [3.63, 3.8) is 0 Å². The predicted molar refractivity (Wildman–Crippen MR) is 54.8 cm³/mol. The van der Waals surface area contributed by atoms with Crippen molar-refractivity contribution in [2.24, 2.45) is 5.73 Å². The molecule has 0 amide bonds. The van der Waals surface area contributed by atoms with E-state index in [9.17, 15) is 9.90 Å². The molecule has 1 unspecified atom stereocenters. The van der Waals surface area contributed by atoms with Gasteiger partial charge < -0.3 is 15.6 Å². The predicted octanol–water partition coefficient (Wildman–Crippen LogP) is 1.33. The molecule has 5 heteroatoms. The van der Waals surface area contributed by atoms with E-state index in [0.29, 0.717) is 10.0 Å². The first-order valence-corrected chi connectivity index (χ1v) is 4.68. The third-order valence-corrected chi connectivity index (χ3v) is 2.49. The van der Waals surface area contributed by atoms with Crippen LogP contribution in [-0.4, -0.2) is 18.2 Å². The van der Waals surface area contributed by atoms with E-state index >= 15 is 0 Å². The molecule has 0 spiro atoms. The van der Waals surface area contributed by atoms with Crippen LogP contribution in [0.3, 0.4) is 0 Å². The van der Waals surface area contributed by atoms with Crippen molar-refractivity contribution in [1.82, 2.24) is 0 Å². The molecule has 0 aromatic heterocycles. The van der Waals surface area contributed by atoms with E-state index in [4.69, 9.17) is 5.73 Å². The van der Waals surface area contributed by atoms with E-state index in [1.54, 1.807) is 12.1 Å². The third-order valence-electron chi connectivity index (χ3n) is 1.80. The number of benzene rings is 1. The van der Waals surface area contributed by atoms with Crippen LogP contribution in [-0.2, 0) is 9.53 Å². The molecule has 76 valence electrons.